The maximum atomic E-state index is 11.8. The SMILES string of the molecule is COc1cc(Cn2cnc3c2CC(C)C(C)C3)ccc1S(C)(=O)=O. The average Bonchev–Trinajstić information content (AvgIpc) is 2.88. The van der Waals surface area contributed by atoms with Gasteiger partial charge in [0.05, 0.1) is 19.1 Å². The summed E-state index contributed by atoms with van der Waals surface area (Å²) in [7, 11) is -1.80. The van der Waals surface area contributed by atoms with Gasteiger partial charge in [0.1, 0.15) is 10.6 Å². The summed E-state index contributed by atoms with van der Waals surface area (Å²) in [6.07, 6.45) is 5.15. The summed E-state index contributed by atoms with van der Waals surface area (Å²) < 4.78 is 31.1. The molecule has 24 heavy (non-hydrogen) atoms. The van der Waals surface area contributed by atoms with Crippen molar-refractivity contribution in [2.24, 2.45) is 11.8 Å². The number of nitrogens with zero attached hydrogens (tertiary/aromatic N) is 2. The van der Waals surface area contributed by atoms with E-state index in [4.69, 9.17) is 4.74 Å². The van der Waals surface area contributed by atoms with Crippen LogP contribution in [0.2, 0.25) is 0 Å². The van der Waals surface area contributed by atoms with Crippen LogP contribution in [0.1, 0.15) is 30.8 Å². The van der Waals surface area contributed by atoms with Crippen molar-refractivity contribution in [2.45, 2.75) is 38.1 Å². The quantitative estimate of drug-likeness (QED) is 0.852. The lowest BCUT2D eigenvalue weighted by Gasteiger charge is -2.26. The van der Waals surface area contributed by atoms with Crippen LogP contribution in [0.3, 0.4) is 0 Å². The van der Waals surface area contributed by atoms with E-state index < -0.39 is 9.84 Å². The Hall–Kier alpha value is -1.82. The maximum absolute atomic E-state index is 11.8. The third-order valence-corrected chi connectivity index (χ3v) is 6.15. The van der Waals surface area contributed by atoms with E-state index in [9.17, 15) is 8.42 Å². The van der Waals surface area contributed by atoms with Crippen LogP contribution < -0.4 is 4.74 Å². The second-order valence-electron chi connectivity index (χ2n) is 6.89. The zero-order valence-corrected chi connectivity index (χ0v) is 15.4. The molecule has 2 atom stereocenters. The van der Waals surface area contributed by atoms with E-state index in [1.54, 1.807) is 12.1 Å². The number of ether oxygens (including phenoxy) is 1. The van der Waals surface area contributed by atoms with E-state index in [1.165, 1.54) is 24.8 Å². The Labute approximate surface area is 143 Å². The molecule has 0 radical (unpaired) electrons. The molecule has 2 aromatic rings. The Morgan fingerprint density at radius 3 is 2.62 bits per heavy atom. The molecule has 2 unspecified atom stereocenters. The van der Waals surface area contributed by atoms with Gasteiger partial charge < -0.3 is 9.30 Å². The molecule has 0 spiro atoms. The Morgan fingerprint density at radius 2 is 1.96 bits per heavy atom. The number of aromatic nitrogens is 2. The van der Waals surface area contributed by atoms with E-state index in [1.807, 2.05) is 12.4 Å². The van der Waals surface area contributed by atoms with Gasteiger partial charge in [0.15, 0.2) is 9.84 Å². The Morgan fingerprint density at radius 1 is 1.25 bits per heavy atom. The summed E-state index contributed by atoms with van der Waals surface area (Å²) in [6, 6.07) is 5.27. The molecule has 5 nitrogen and oxygen atoms in total. The van der Waals surface area contributed by atoms with Crippen molar-refractivity contribution in [1.29, 1.82) is 0 Å². The molecule has 0 fully saturated rings. The molecule has 1 aliphatic carbocycles. The van der Waals surface area contributed by atoms with Crippen LogP contribution in [0.4, 0.5) is 0 Å². The first-order valence-corrected chi connectivity index (χ1v) is 10.1. The van der Waals surface area contributed by atoms with Gasteiger partial charge in [-0.25, -0.2) is 13.4 Å². The highest BCUT2D eigenvalue weighted by atomic mass is 32.2. The van der Waals surface area contributed by atoms with Gasteiger partial charge in [-0.2, -0.15) is 0 Å². The first kappa shape index (κ1) is 17.0. The van der Waals surface area contributed by atoms with Crippen LogP contribution in [-0.2, 0) is 29.2 Å². The fourth-order valence-corrected chi connectivity index (χ4v) is 4.14. The molecule has 1 aliphatic rings. The minimum Gasteiger partial charge on any atom is -0.495 e. The number of hydrogen-bond acceptors (Lipinski definition) is 4. The van der Waals surface area contributed by atoms with Crippen LogP contribution in [0.25, 0.3) is 0 Å². The molecule has 6 heteroatoms. The highest BCUT2D eigenvalue weighted by molar-refractivity contribution is 7.90. The number of benzene rings is 1. The van der Waals surface area contributed by atoms with Crippen molar-refractivity contribution in [3.05, 3.63) is 41.5 Å². The minimum absolute atomic E-state index is 0.226. The van der Waals surface area contributed by atoms with Gasteiger partial charge in [0, 0.05) is 18.5 Å². The smallest absolute Gasteiger partial charge is 0.179 e. The van der Waals surface area contributed by atoms with E-state index in [-0.39, 0.29) is 4.90 Å². The fourth-order valence-electron chi connectivity index (χ4n) is 3.32. The molecule has 3 rings (SSSR count). The number of fused-ring (bicyclic) bond motifs is 1. The summed E-state index contributed by atoms with van der Waals surface area (Å²) in [5, 5.41) is 0. The first-order chi connectivity index (χ1) is 11.3. The van der Waals surface area contributed by atoms with Crippen molar-refractivity contribution in [3.63, 3.8) is 0 Å². The average molecular weight is 348 g/mol. The molecule has 0 saturated carbocycles. The molecule has 0 bridgehead atoms. The van der Waals surface area contributed by atoms with Gasteiger partial charge in [-0.15, -0.1) is 0 Å². The summed E-state index contributed by atoms with van der Waals surface area (Å²) in [6.45, 7) is 5.24. The van der Waals surface area contributed by atoms with E-state index in [0.29, 0.717) is 24.1 Å². The van der Waals surface area contributed by atoms with Crippen LogP contribution in [0.15, 0.2) is 29.4 Å². The number of sulfone groups is 1. The molecule has 0 N–H and O–H groups in total. The van der Waals surface area contributed by atoms with Crippen molar-refractivity contribution in [1.82, 2.24) is 9.55 Å². The molecular weight excluding hydrogens is 324 g/mol. The molecule has 1 aromatic carbocycles. The van der Waals surface area contributed by atoms with Crippen molar-refractivity contribution in [2.75, 3.05) is 13.4 Å². The van der Waals surface area contributed by atoms with E-state index in [2.05, 4.69) is 23.4 Å². The molecule has 1 aromatic heterocycles. The summed E-state index contributed by atoms with van der Waals surface area (Å²) in [5.41, 5.74) is 3.50. The van der Waals surface area contributed by atoms with Crippen LogP contribution in [0.5, 0.6) is 5.75 Å². The highest BCUT2D eigenvalue weighted by Gasteiger charge is 2.25. The lowest BCUT2D eigenvalue weighted by molar-refractivity contribution is 0.350. The van der Waals surface area contributed by atoms with E-state index in [0.717, 1.165) is 18.4 Å². The number of imidazole rings is 1. The number of hydrogen-bond donors (Lipinski definition) is 0. The van der Waals surface area contributed by atoms with Crippen molar-refractivity contribution < 1.29 is 13.2 Å². The third kappa shape index (κ3) is 3.20. The monoisotopic (exact) mass is 348 g/mol. The molecule has 130 valence electrons. The fraction of sp³-hybridized carbons (Fsp3) is 0.500. The number of methoxy groups -OCH3 is 1. The molecule has 0 amide bonds. The third-order valence-electron chi connectivity index (χ3n) is 5.02. The zero-order valence-electron chi connectivity index (χ0n) is 14.6. The predicted molar refractivity (Wildman–Crippen MR) is 93.2 cm³/mol. The summed E-state index contributed by atoms with van der Waals surface area (Å²) in [4.78, 5) is 4.80. The lowest BCUT2D eigenvalue weighted by atomic mass is 9.82. The van der Waals surface area contributed by atoms with Gasteiger partial charge in [0.25, 0.3) is 0 Å². The summed E-state index contributed by atoms with van der Waals surface area (Å²) >= 11 is 0. The van der Waals surface area contributed by atoms with Crippen molar-refractivity contribution in [3.8, 4) is 5.75 Å². The summed E-state index contributed by atoms with van der Waals surface area (Å²) in [5.74, 6) is 1.70. The van der Waals surface area contributed by atoms with Gasteiger partial charge in [-0.1, -0.05) is 19.9 Å². The maximum Gasteiger partial charge on any atom is 0.179 e. The van der Waals surface area contributed by atoms with Gasteiger partial charge in [-0.3, -0.25) is 0 Å². The van der Waals surface area contributed by atoms with Crippen LogP contribution >= 0.6 is 0 Å². The Kier molecular flexibility index (Phi) is 4.42. The molecule has 1 heterocycles. The standard InChI is InChI=1S/C18H24N2O3S/c1-12-7-15-16(8-13(12)2)20(11-19-15)10-14-5-6-18(24(4,21)22)17(9-14)23-3/h5-6,9,11-13H,7-8,10H2,1-4H3. The Bertz CT molecular complexity index is 855. The number of rotatable bonds is 4. The van der Waals surface area contributed by atoms with Crippen molar-refractivity contribution >= 4 is 9.84 Å². The highest BCUT2D eigenvalue weighted by Crippen LogP contribution is 2.30. The van der Waals surface area contributed by atoms with E-state index >= 15 is 0 Å². The van der Waals surface area contributed by atoms with Gasteiger partial charge >= 0.3 is 0 Å². The second kappa shape index (κ2) is 6.24. The zero-order chi connectivity index (χ0) is 17.5. The first-order valence-electron chi connectivity index (χ1n) is 8.19. The topological polar surface area (TPSA) is 61.2 Å². The second-order valence-corrected chi connectivity index (χ2v) is 8.87. The van der Waals surface area contributed by atoms with Crippen LogP contribution in [-0.4, -0.2) is 31.3 Å². The molecular formula is C18H24N2O3S. The lowest BCUT2D eigenvalue weighted by Crippen LogP contribution is -2.22. The predicted octanol–water partition coefficient (Wildman–Crippen LogP) is 2.71. The van der Waals surface area contributed by atoms with Gasteiger partial charge in [0.2, 0.25) is 0 Å². The Balaban J connectivity index is 1.91. The normalized spacial score (nSPS) is 20.7. The van der Waals surface area contributed by atoms with Gasteiger partial charge in [-0.05, 0) is 42.4 Å². The molecule has 0 aliphatic heterocycles. The van der Waals surface area contributed by atoms with Crippen LogP contribution in [0, 0.1) is 11.8 Å². The molecule has 0 saturated heterocycles. The largest absolute Gasteiger partial charge is 0.495 e. The minimum atomic E-state index is -3.30.